The summed E-state index contributed by atoms with van der Waals surface area (Å²) in [6.45, 7) is 0.362. The molecule has 6 heteroatoms. The highest BCUT2D eigenvalue weighted by molar-refractivity contribution is 8.00. The number of hydrogen-bond acceptors (Lipinski definition) is 4. The summed E-state index contributed by atoms with van der Waals surface area (Å²) in [5.41, 5.74) is 0. The summed E-state index contributed by atoms with van der Waals surface area (Å²) in [6.07, 6.45) is 2.13. The van der Waals surface area contributed by atoms with Crippen LogP contribution >= 0.6 is 11.8 Å². The summed E-state index contributed by atoms with van der Waals surface area (Å²) in [5.74, 6) is -0.456. The molecule has 1 atom stereocenters. The summed E-state index contributed by atoms with van der Waals surface area (Å²) in [4.78, 5) is 34.2. The van der Waals surface area contributed by atoms with Crippen LogP contribution in [0.2, 0.25) is 0 Å². The number of urea groups is 1. The third-order valence-corrected chi connectivity index (χ3v) is 3.70. The van der Waals surface area contributed by atoms with E-state index in [1.165, 1.54) is 0 Å². The van der Waals surface area contributed by atoms with Crippen LogP contribution in [0.1, 0.15) is 12.8 Å². The number of carbonyl (C=O) groups excluding carboxylic acids is 3. The fourth-order valence-corrected chi connectivity index (χ4v) is 2.85. The van der Waals surface area contributed by atoms with Gasteiger partial charge in [0.05, 0.1) is 0 Å². The Labute approximate surface area is 85.2 Å². The predicted molar refractivity (Wildman–Crippen MR) is 50.7 cm³/mol. The zero-order valence-electron chi connectivity index (χ0n) is 7.49. The third-order valence-electron chi connectivity index (χ3n) is 2.32. The van der Waals surface area contributed by atoms with Crippen molar-refractivity contribution in [3.05, 3.63) is 0 Å². The first-order valence-electron chi connectivity index (χ1n) is 4.47. The van der Waals surface area contributed by atoms with E-state index in [4.69, 9.17) is 0 Å². The Hall–Kier alpha value is -1.04. The normalized spacial score (nSPS) is 27.3. The van der Waals surface area contributed by atoms with Gasteiger partial charge in [-0.05, 0) is 18.6 Å². The average Bonchev–Trinajstić information content (AvgIpc) is 2.71. The van der Waals surface area contributed by atoms with Gasteiger partial charge in [0, 0.05) is 11.8 Å². The molecule has 0 saturated carbocycles. The lowest BCUT2D eigenvalue weighted by Crippen LogP contribution is -2.36. The van der Waals surface area contributed by atoms with Gasteiger partial charge in [0.1, 0.15) is 0 Å². The van der Waals surface area contributed by atoms with E-state index in [0.717, 1.165) is 23.5 Å². The minimum absolute atomic E-state index is 0.301. The van der Waals surface area contributed by atoms with Crippen LogP contribution in [0.15, 0.2) is 0 Å². The number of hydrogen-bond donors (Lipinski definition) is 1. The first-order chi connectivity index (χ1) is 6.68. The van der Waals surface area contributed by atoms with E-state index < -0.39 is 17.8 Å². The molecule has 0 aromatic rings. The molecule has 76 valence electrons. The Morgan fingerprint density at radius 3 is 2.71 bits per heavy atom. The molecule has 2 aliphatic heterocycles. The van der Waals surface area contributed by atoms with Crippen LogP contribution in [0.25, 0.3) is 0 Å². The molecule has 2 rings (SSSR count). The molecule has 4 amide bonds. The van der Waals surface area contributed by atoms with Crippen molar-refractivity contribution in [2.75, 3.05) is 12.3 Å². The number of rotatable bonds is 2. The Kier molecular flexibility index (Phi) is 2.45. The van der Waals surface area contributed by atoms with Crippen molar-refractivity contribution < 1.29 is 14.4 Å². The smallest absolute Gasteiger partial charge is 0.269 e. The van der Waals surface area contributed by atoms with Gasteiger partial charge < -0.3 is 0 Å². The van der Waals surface area contributed by atoms with Crippen LogP contribution in [0.3, 0.4) is 0 Å². The van der Waals surface area contributed by atoms with Crippen molar-refractivity contribution in [3.8, 4) is 0 Å². The second-order valence-corrected chi connectivity index (χ2v) is 4.72. The van der Waals surface area contributed by atoms with Gasteiger partial charge >= 0.3 is 17.8 Å². The molecule has 5 nitrogen and oxygen atoms in total. The standard InChI is InChI=1S/C8H10N2O3S/c11-6-7(12)10(8(13)9-6)4-5-2-1-3-14-5/h5H,1-4H2,(H,9,11,13). The molecule has 0 bridgehead atoms. The molecule has 0 aromatic carbocycles. The highest BCUT2D eigenvalue weighted by Gasteiger charge is 2.38. The monoisotopic (exact) mass is 214 g/mol. The molecule has 14 heavy (non-hydrogen) atoms. The molecule has 2 heterocycles. The Morgan fingerprint density at radius 1 is 1.43 bits per heavy atom. The van der Waals surface area contributed by atoms with E-state index in [1.54, 1.807) is 11.8 Å². The van der Waals surface area contributed by atoms with Crippen LogP contribution in [0.4, 0.5) is 4.79 Å². The van der Waals surface area contributed by atoms with Gasteiger partial charge in [-0.3, -0.25) is 19.8 Å². The summed E-state index contributed by atoms with van der Waals surface area (Å²) < 4.78 is 0. The number of carbonyl (C=O) groups is 3. The van der Waals surface area contributed by atoms with Gasteiger partial charge in [0.25, 0.3) is 0 Å². The van der Waals surface area contributed by atoms with Gasteiger partial charge in [-0.25, -0.2) is 4.79 Å². The van der Waals surface area contributed by atoms with E-state index in [1.807, 2.05) is 5.32 Å². The Morgan fingerprint density at radius 2 is 2.21 bits per heavy atom. The molecule has 2 aliphatic rings. The second-order valence-electron chi connectivity index (χ2n) is 3.31. The van der Waals surface area contributed by atoms with Crippen LogP contribution < -0.4 is 5.32 Å². The Balaban J connectivity index is 1.99. The maximum absolute atomic E-state index is 11.2. The summed E-state index contributed by atoms with van der Waals surface area (Å²) in [6, 6.07) is -0.576. The zero-order chi connectivity index (χ0) is 10.1. The largest absolute Gasteiger partial charge is 0.331 e. The van der Waals surface area contributed by atoms with Crippen molar-refractivity contribution in [2.24, 2.45) is 0 Å². The van der Waals surface area contributed by atoms with Crippen LogP contribution in [0, 0.1) is 0 Å². The van der Waals surface area contributed by atoms with Crippen LogP contribution in [-0.2, 0) is 9.59 Å². The molecule has 1 unspecified atom stereocenters. The molecule has 0 aliphatic carbocycles. The first-order valence-corrected chi connectivity index (χ1v) is 5.52. The highest BCUT2D eigenvalue weighted by Crippen LogP contribution is 2.27. The lowest BCUT2D eigenvalue weighted by molar-refractivity contribution is -0.140. The Bertz CT molecular complexity index is 299. The fourth-order valence-electron chi connectivity index (χ4n) is 1.59. The van der Waals surface area contributed by atoms with Crippen molar-refractivity contribution >= 4 is 29.6 Å². The topological polar surface area (TPSA) is 66.5 Å². The third kappa shape index (κ3) is 1.61. The summed E-state index contributed by atoms with van der Waals surface area (Å²) in [7, 11) is 0. The van der Waals surface area contributed by atoms with Crippen molar-refractivity contribution in [1.82, 2.24) is 10.2 Å². The minimum atomic E-state index is -0.807. The molecule has 0 radical (unpaired) electrons. The van der Waals surface area contributed by atoms with Crippen molar-refractivity contribution in [2.45, 2.75) is 18.1 Å². The highest BCUT2D eigenvalue weighted by atomic mass is 32.2. The quantitative estimate of drug-likeness (QED) is 0.517. The molecule has 0 aromatic heterocycles. The second kappa shape index (κ2) is 3.61. The number of thioether (sulfide) groups is 1. The molecule has 2 fully saturated rings. The van der Waals surface area contributed by atoms with E-state index in [0.29, 0.717) is 11.8 Å². The zero-order valence-corrected chi connectivity index (χ0v) is 8.30. The number of nitrogens with one attached hydrogen (secondary N) is 1. The van der Waals surface area contributed by atoms with Gasteiger partial charge in [0.2, 0.25) is 0 Å². The summed E-state index contributed by atoms with van der Waals surface area (Å²) in [5, 5.41) is 2.28. The number of imide groups is 2. The number of amides is 4. The molecule has 0 spiro atoms. The van der Waals surface area contributed by atoms with Crippen LogP contribution in [0.5, 0.6) is 0 Å². The number of nitrogens with zero attached hydrogens (tertiary/aromatic N) is 1. The maximum Gasteiger partial charge on any atom is 0.331 e. The van der Waals surface area contributed by atoms with Gasteiger partial charge in [-0.2, -0.15) is 11.8 Å². The first kappa shape index (κ1) is 9.51. The van der Waals surface area contributed by atoms with Crippen molar-refractivity contribution in [3.63, 3.8) is 0 Å². The molecular weight excluding hydrogens is 204 g/mol. The average molecular weight is 214 g/mol. The summed E-state index contributed by atoms with van der Waals surface area (Å²) >= 11 is 1.75. The molecule has 2 saturated heterocycles. The van der Waals surface area contributed by atoms with Gasteiger partial charge in [-0.1, -0.05) is 0 Å². The predicted octanol–water partition coefficient (Wildman–Crippen LogP) is -0.0396. The minimum Gasteiger partial charge on any atom is -0.269 e. The van der Waals surface area contributed by atoms with E-state index >= 15 is 0 Å². The van der Waals surface area contributed by atoms with Gasteiger partial charge in [-0.15, -0.1) is 0 Å². The van der Waals surface area contributed by atoms with E-state index in [-0.39, 0.29) is 0 Å². The fraction of sp³-hybridized carbons (Fsp3) is 0.625. The van der Waals surface area contributed by atoms with E-state index in [9.17, 15) is 14.4 Å². The molecular formula is C8H10N2O3S. The SMILES string of the molecule is O=C1NC(=O)N(CC2CCCS2)C1=O. The van der Waals surface area contributed by atoms with Crippen LogP contribution in [-0.4, -0.2) is 40.3 Å². The van der Waals surface area contributed by atoms with Gasteiger partial charge in [0.15, 0.2) is 0 Å². The van der Waals surface area contributed by atoms with Crippen molar-refractivity contribution in [1.29, 1.82) is 0 Å². The lowest BCUT2D eigenvalue weighted by atomic mass is 10.2. The lowest BCUT2D eigenvalue weighted by Gasteiger charge is -2.15. The van der Waals surface area contributed by atoms with E-state index in [2.05, 4.69) is 0 Å². The maximum atomic E-state index is 11.2. The molecule has 1 N–H and O–H groups in total.